The van der Waals surface area contributed by atoms with Gasteiger partial charge in [-0.1, -0.05) is 36.4 Å². The predicted octanol–water partition coefficient (Wildman–Crippen LogP) is 3.18. The van der Waals surface area contributed by atoms with Crippen LogP contribution in [0.1, 0.15) is 18.4 Å². The molecule has 0 saturated heterocycles. The molecular weight excluding hydrogens is 250 g/mol. The third-order valence-corrected chi connectivity index (χ3v) is 3.57. The van der Waals surface area contributed by atoms with Gasteiger partial charge in [0.25, 0.3) is 0 Å². The Kier molecular flexibility index (Phi) is 4.99. The molecule has 0 atom stereocenters. The molecule has 0 N–H and O–H groups in total. The molecule has 0 saturated carbocycles. The Bertz CT molecular complexity index is 499. The van der Waals surface area contributed by atoms with Gasteiger partial charge < -0.3 is 9.64 Å². The molecule has 1 aliphatic rings. The van der Waals surface area contributed by atoms with Gasteiger partial charge in [0.2, 0.25) is 5.91 Å². The first-order valence-electron chi connectivity index (χ1n) is 6.92. The van der Waals surface area contributed by atoms with Gasteiger partial charge in [0.05, 0.1) is 7.11 Å². The maximum atomic E-state index is 12.5. The van der Waals surface area contributed by atoms with E-state index in [4.69, 9.17) is 4.74 Å². The highest BCUT2D eigenvalue weighted by atomic mass is 16.5. The number of para-hydroxylation sites is 1. The van der Waals surface area contributed by atoms with Crippen molar-refractivity contribution in [2.75, 3.05) is 13.7 Å². The molecule has 1 amide bonds. The molecule has 3 nitrogen and oxygen atoms in total. The van der Waals surface area contributed by atoms with Crippen LogP contribution in [0.5, 0.6) is 5.75 Å². The van der Waals surface area contributed by atoms with Crippen LogP contribution in [0.3, 0.4) is 0 Å². The highest BCUT2D eigenvalue weighted by molar-refractivity contribution is 5.80. The van der Waals surface area contributed by atoms with Gasteiger partial charge in [-0.15, -0.1) is 6.58 Å². The molecule has 3 heteroatoms. The summed E-state index contributed by atoms with van der Waals surface area (Å²) in [4.78, 5) is 14.4. The second-order valence-electron chi connectivity index (χ2n) is 4.96. The maximum absolute atomic E-state index is 12.5. The van der Waals surface area contributed by atoms with E-state index >= 15 is 0 Å². The molecular formula is C17H21NO2. The van der Waals surface area contributed by atoms with Crippen molar-refractivity contribution >= 4 is 5.91 Å². The molecule has 1 aromatic carbocycles. The first kappa shape index (κ1) is 14.4. The monoisotopic (exact) mass is 271 g/mol. The van der Waals surface area contributed by atoms with E-state index in [9.17, 15) is 4.79 Å². The number of ether oxygens (including phenoxy) is 1. The lowest BCUT2D eigenvalue weighted by Crippen LogP contribution is -2.35. The van der Waals surface area contributed by atoms with E-state index in [1.807, 2.05) is 29.2 Å². The number of rotatable bonds is 6. The van der Waals surface area contributed by atoms with E-state index in [0.717, 1.165) is 24.2 Å². The third kappa shape index (κ3) is 3.29. The van der Waals surface area contributed by atoms with Crippen LogP contribution in [0.2, 0.25) is 0 Å². The summed E-state index contributed by atoms with van der Waals surface area (Å²) in [5.74, 6) is 1.10. The quantitative estimate of drug-likeness (QED) is 0.744. The van der Waals surface area contributed by atoms with Crippen molar-refractivity contribution in [3.8, 4) is 5.75 Å². The summed E-state index contributed by atoms with van der Waals surface area (Å²) < 4.78 is 5.35. The fraction of sp³-hybridized carbons (Fsp3) is 0.353. The molecule has 20 heavy (non-hydrogen) atoms. The molecule has 0 heterocycles. The third-order valence-electron chi connectivity index (χ3n) is 3.57. The minimum Gasteiger partial charge on any atom is -0.496 e. The molecule has 106 valence electrons. The summed E-state index contributed by atoms with van der Waals surface area (Å²) >= 11 is 0. The lowest BCUT2D eigenvalue weighted by molar-refractivity contribution is -0.135. The number of benzene rings is 1. The van der Waals surface area contributed by atoms with Gasteiger partial charge in [0, 0.05) is 24.6 Å². The van der Waals surface area contributed by atoms with Gasteiger partial charge >= 0.3 is 0 Å². The molecule has 0 fully saturated rings. The second-order valence-corrected chi connectivity index (χ2v) is 4.96. The van der Waals surface area contributed by atoms with Gasteiger partial charge in [0.15, 0.2) is 0 Å². The zero-order valence-corrected chi connectivity index (χ0v) is 11.9. The Morgan fingerprint density at radius 3 is 2.75 bits per heavy atom. The number of amides is 1. The number of allylic oxidation sites excluding steroid dienone is 2. The van der Waals surface area contributed by atoms with Gasteiger partial charge in [-0.25, -0.2) is 0 Å². The molecule has 0 spiro atoms. The molecule has 2 rings (SSSR count). The van der Waals surface area contributed by atoms with Crippen molar-refractivity contribution in [2.24, 2.45) is 5.92 Å². The molecule has 0 aliphatic heterocycles. The minimum atomic E-state index is 0.0876. The largest absolute Gasteiger partial charge is 0.496 e. The van der Waals surface area contributed by atoms with Crippen LogP contribution in [-0.2, 0) is 11.3 Å². The Labute approximate surface area is 120 Å². The zero-order chi connectivity index (χ0) is 14.4. The van der Waals surface area contributed by atoms with Crippen molar-refractivity contribution < 1.29 is 9.53 Å². The van der Waals surface area contributed by atoms with Crippen LogP contribution in [0.4, 0.5) is 0 Å². The van der Waals surface area contributed by atoms with Crippen LogP contribution in [0.15, 0.2) is 49.1 Å². The smallest absolute Gasteiger partial charge is 0.226 e. The molecule has 0 bridgehead atoms. The first-order chi connectivity index (χ1) is 9.76. The minimum absolute atomic E-state index is 0.0876. The van der Waals surface area contributed by atoms with Crippen LogP contribution in [-0.4, -0.2) is 24.5 Å². The number of nitrogens with zero attached hydrogens (tertiary/aromatic N) is 1. The highest BCUT2D eigenvalue weighted by Crippen LogP contribution is 2.24. The normalized spacial score (nSPS) is 14.2. The fourth-order valence-corrected chi connectivity index (χ4v) is 2.50. The van der Waals surface area contributed by atoms with E-state index < -0.39 is 0 Å². The Morgan fingerprint density at radius 1 is 1.40 bits per heavy atom. The van der Waals surface area contributed by atoms with Crippen molar-refractivity contribution in [1.29, 1.82) is 0 Å². The summed E-state index contributed by atoms with van der Waals surface area (Å²) in [6.45, 7) is 4.88. The molecule has 1 aromatic rings. The second kappa shape index (κ2) is 6.94. The summed E-state index contributed by atoms with van der Waals surface area (Å²) in [6, 6.07) is 7.81. The SMILES string of the molecule is C=CCN(Cc1ccccc1OC)C(=O)C1CC=CC1. The predicted molar refractivity (Wildman–Crippen MR) is 80.5 cm³/mol. The van der Waals surface area contributed by atoms with Gasteiger partial charge in [-0.3, -0.25) is 4.79 Å². The van der Waals surface area contributed by atoms with Crippen molar-refractivity contribution in [2.45, 2.75) is 19.4 Å². The van der Waals surface area contributed by atoms with Gasteiger partial charge in [-0.05, 0) is 18.9 Å². The summed E-state index contributed by atoms with van der Waals surface area (Å²) in [5.41, 5.74) is 1.02. The average Bonchev–Trinajstić information content (AvgIpc) is 3.01. The van der Waals surface area contributed by atoms with Crippen LogP contribution >= 0.6 is 0 Å². The fourth-order valence-electron chi connectivity index (χ4n) is 2.50. The lowest BCUT2D eigenvalue weighted by atomic mass is 10.0. The van der Waals surface area contributed by atoms with Crippen LogP contribution in [0, 0.1) is 5.92 Å². The van der Waals surface area contributed by atoms with E-state index in [2.05, 4.69) is 18.7 Å². The maximum Gasteiger partial charge on any atom is 0.226 e. The first-order valence-corrected chi connectivity index (χ1v) is 6.92. The van der Waals surface area contributed by atoms with E-state index in [1.165, 1.54) is 0 Å². The Morgan fingerprint density at radius 2 is 2.10 bits per heavy atom. The van der Waals surface area contributed by atoms with E-state index in [-0.39, 0.29) is 11.8 Å². The zero-order valence-electron chi connectivity index (χ0n) is 11.9. The Balaban J connectivity index is 2.12. The highest BCUT2D eigenvalue weighted by Gasteiger charge is 2.24. The molecule has 1 aliphatic carbocycles. The number of carbonyl (C=O) groups excluding carboxylic acids is 1. The van der Waals surface area contributed by atoms with Crippen molar-refractivity contribution in [3.63, 3.8) is 0 Å². The number of hydrogen-bond donors (Lipinski definition) is 0. The number of methoxy groups -OCH3 is 1. The lowest BCUT2D eigenvalue weighted by Gasteiger charge is -2.25. The number of carbonyl (C=O) groups is 1. The summed E-state index contributed by atoms with van der Waals surface area (Å²) in [6.07, 6.45) is 7.63. The topological polar surface area (TPSA) is 29.5 Å². The van der Waals surface area contributed by atoms with Crippen LogP contribution < -0.4 is 4.74 Å². The molecule has 0 unspecified atom stereocenters. The Hall–Kier alpha value is -2.03. The standard InChI is InChI=1S/C17H21NO2/c1-3-12-18(17(19)14-8-4-5-9-14)13-15-10-6-7-11-16(15)20-2/h3-7,10-11,14H,1,8-9,12-13H2,2H3. The van der Waals surface area contributed by atoms with E-state index in [1.54, 1.807) is 13.2 Å². The summed E-state index contributed by atoms with van der Waals surface area (Å²) in [5, 5.41) is 0. The van der Waals surface area contributed by atoms with Gasteiger partial charge in [-0.2, -0.15) is 0 Å². The van der Waals surface area contributed by atoms with Crippen molar-refractivity contribution in [3.05, 3.63) is 54.6 Å². The molecule has 0 radical (unpaired) electrons. The van der Waals surface area contributed by atoms with Crippen LogP contribution in [0.25, 0.3) is 0 Å². The molecule has 0 aromatic heterocycles. The summed E-state index contributed by atoms with van der Waals surface area (Å²) in [7, 11) is 1.65. The average molecular weight is 271 g/mol. The number of hydrogen-bond acceptors (Lipinski definition) is 2. The van der Waals surface area contributed by atoms with Gasteiger partial charge in [0.1, 0.15) is 5.75 Å². The van der Waals surface area contributed by atoms with Crippen molar-refractivity contribution in [1.82, 2.24) is 4.90 Å². The van der Waals surface area contributed by atoms with E-state index in [0.29, 0.717) is 13.1 Å².